The first-order chi connectivity index (χ1) is 10.6. The first kappa shape index (κ1) is 15.3. The highest BCUT2D eigenvalue weighted by molar-refractivity contribution is 6.31. The van der Waals surface area contributed by atoms with Crippen molar-refractivity contribution in [3.05, 3.63) is 69.5 Å². The first-order valence-electron chi connectivity index (χ1n) is 7.06. The molecule has 0 aromatic heterocycles. The molecule has 1 aliphatic heterocycles. The zero-order chi connectivity index (χ0) is 15.7. The molecule has 2 nitrogen and oxygen atoms in total. The molecular formula is C17H14Cl2FNO. The van der Waals surface area contributed by atoms with Gasteiger partial charge in [-0.1, -0.05) is 41.4 Å². The van der Waals surface area contributed by atoms with E-state index in [0.717, 1.165) is 17.5 Å². The minimum Gasteiger partial charge on any atom is -0.332 e. The van der Waals surface area contributed by atoms with E-state index in [1.54, 1.807) is 24.3 Å². The van der Waals surface area contributed by atoms with Gasteiger partial charge in [0.25, 0.3) is 0 Å². The maximum absolute atomic E-state index is 13.4. The third kappa shape index (κ3) is 2.96. The fraction of sp³-hybridized carbons (Fsp3) is 0.235. The van der Waals surface area contributed by atoms with E-state index >= 15 is 0 Å². The summed E-state index contributed by atoms with van der Waals surface area (Å²) < 4.78 is 13.4. The third-order valence-electron chi connectivity index (χ3n) is 3.87. The lowest BCUT2D eigenvalue weighted by atomic mass is 9.97. The summed E-state index contributed by atoms with van der Waals surface area (Å²) in [4.78, 5) is 14.0. The van der Waals surface area contributed by atoms with E-state index in [2.05, 4.69) is 0 Å². The fourth-order valence-electron chi connectivity index (χ4n) is 2.82. The molecule has 0 saturated carbocycles. The molecule has 22 heavy (non-hydrogen) atoms. The van der Waals surface area contributed by atoms with Gasteiger partial charge in [-0.2, -0.15) is 0 Å². The number of likely N-dealkylation sites (tertiary alicyclic amines) is 1. The van der Waals surface area contributed by atoms with Crippen LogP contribution in [-0.2, 0) is 4.79 Å². The molecule has 0 spiro atoms. The maximum atomic E-state index is 13.4. The number of carbonyl (C=O) groups is 1. The third-order valence-corrected chi connectivity index (χ3v) is 4.41. The van der Waals surface area contributed by atoms with E-state index in [-0.39, 0.29) is 17.0 Å². The molecule has 1 saturated heterocycles. The quantitative estimate of drug-likeness (QED) is 0.784. The molecule has 3 rings (SSSR count). The number of nitrogens with zero attached hydrogens (tertiary/aromatic N) is 1. The van der Waals surface area contributed by atoms with Crippen LogP contribution in [0.4, 0.5) is 4.39 Å². The molecule has 1 fully saturated rings. The van der Waals surface area contributed by atoms with Gasteiger partial charge in [-0.3, -0.25) is 4.79 Å². The van der Waals surface area contributed by atoms with Crippen molar-refractivity contribution in [3.8, 4) is 0 Å². The van der Waals surface area contributed by atoms with Crippen LogP contribution in [0.5, 0.6) is 0 Å². The van der Waals surface area contributed by atoms with Gasteiger partial charge in [0.2, 0.25) is 5.91 Å². The van der Waals surface area contributed by atoms with Gasteiger partial charge >= 0.3 is 0 Å². The van der Waals surface area contributed by atoms with Crippen LogP contribution in [0.2, 0.25) is 10.0 Å². The van der Waals surface area contributed by atoms with Gasteiger partial charge in [-0.25, -0.2) is 4.39 Å². The second-order valence-corrected chi connectivity index (χ2v) is 6.16. The molecule has 0 aliphatic carbocycles. The number of carbonyl (C=O) groups excluding carboxylic acids is 1. The summed E-state index contributed by atoms with van der Waals surface area (Å²) in [6.45, 7) is 0.682. The summed E-state index contributed by atoms with van der Waals surface area (Å²) in [5, 5.41) is 0.690. The van der Waals surface area contributed by atoms with E-state index in [9.17, 15) is 9.18 Å². The Balaban J connectivity index is 2.07. The van der Waals surface area contributed by atoms with Gasteiger partial charge < -0.3 is 4.90 Å². The molecule has 0 bridgehead atoms. The Bertz CT molecular complexity index is 702. The van der Waals surface area contributed by atoms with Crippen molar-refractivity contribution in [1.82, 2.24) is 4.90 Å². The summed E-state index contributed by atoms with van der Waals surface area (Å²) in [5.41, 5.74) is 1.73. The van der Waals surface area contributed by atoms with E-state index in [4.69, 9.17) is 23.2 Å². The number of rotatable bonds is 3. The molecule has 1 aliphatic rings. The normalized spacial score (nSPS) is 16.1. The van der Waals surface area contributed by atoms with Gasteiger partial charge in [0.05, 0.1) is 11.1 Å². The van der Waals surface area contributed by atoms with Gasteiger partial charge in [-0.15, -0.1) is 0 Å². The van der Waals surface area contributed by atoms with Crippen molar-refractivity contribution in [2.75, 3.05) is 6.54 Å². The van der Waals surface area contributed by atoms with Crippen LogP contribution >= 0.6 is 23.2 Å². The summed E-state index contributed by atoms with van der Waals surface area (Å²) in [6, 6.07) is 11.7. The Kier molecular flexibility index (Phi) is 4.37. The second-order valence-electron chi connectivity index (χ2n) is 5.32. The minimum atomic E-state index is -0.465. The van der Waals surface area contributed by atoms with Crippen molar-refractivity contribution in [2.24, 2.45) is 0 Å². The van der Waals surface area contributed by atoms with Crippen LogP contribution in [0, 0.1) is 5.82 Å². The standard InChI is InChI=1S/C17H14Cl2FNO/c18-13-6-3-11(4-7-13)17(21-9-1-2-16(21)22)12-5-8-15(20)14(19)10-12/h3-8,10,17H,1-2,9H2/t17-/m1/s1. The summed E-state index contributed by atoms with van der Waals surface area (Å²) in [6.07, 6.45) is 1.37. The molecule has 1 heterocycles. The summed E-state index contributed by atoms with van der Waals surface area (Å²) in [5.74, 6) is -0.367. The molecule has 0 unspecified atom stereocenters. The fourth-order valence-corrected chi connectivity index (χ4v) is 3.14. The van der Waals surface area contributed by atoms with E-state index in [1.165, 1.54) is 6.07 Å². The van der Waals surface area contributed by atoms with Crippen molar-refractivity contribution in [2.45, 2.75) is 18.9 Å². The van der Waals surface area contributed by atoms with Gasteiger partial charge in [-0.05, 0) is 41.8 Å². The highest BCUT2D eigenvalue weighted by atomic mass is 35.5. The largest absolute Gasteiger partial charge is 0.332 e. The van der Waals surface area contributed by atoms with Gasteiger partial charge in [0.1, 0.15) is 5.82 Å². The van der Waals surface area contributed by atoms with E-state index in [0.29, 0.717) is 18.0 Å². The number of amides is 1. The Labute approximate surface area is 138 Å². The Hall–Kier alpha value is -1.58. The minimum absolute atomic E-state index is 0.0584. The van der Waals surface area contributed by atoms with Crippen LogP contribution in [0.15, 0.2) is 42.5 Å². The number of hydrogen-bond donors (Lipinski definition) is 0. The highest BCUT2D eigenvalue weighted by Gasteiger charge is 2.30. The zero-order valence-corrected chi connectivity index (χ0v) is 13.2. The number of benzene rings is 2. The smallest absolute Gasteiger partial charge is 0.223 e. The molecule has 0 N–H and O–H groups in total. The second kappa shape index (κ2) is 6.27. The average molecular weight is 338 g/mol. The Morgan fingerprint density at radius 2 is 1.73 bits per heavy atom. The van der Waals surface area contributed by atoms with Gasteiger partial charge in [0, 0.05) is 18.0 Å². The van der Waals surface area contributed by atoms with Gasteiger partial charge in [0.15, 0.2) is 0 Å². The van der Waals surface area contributed by atoms with Crippen LogP contribution in [-0.4, -0.2) is 17.4 Å². The Morgan fingerprint density at radius 1 is 1.05 bits per heavy atom. The van der Waals surface area contributed by atoms with Crippen molar-refractivity contribution in [1.29, 1.82) is 0 Å². The van der Waals surface area contributed by atoms with Crippen LogP contribution in [0.3, 0.4) is 0 Å². The lowest BCUT2D eigenvalue weighted by Crippen LogP contribution is -2.30. The topological polar surface area (TPSA) is 20.3 Å². The lowest BCUT2D eigenvalue weighted by molar-refractivity contribution is -0.129. The predicted octanol–water partition coefficient (Wildman–Crippen LogP) is 4.84. The number of halogens is 3. The molecule has 114 valence electrons. The average Bonchev–Trinajstić information content (AvgIpc) is 2.91. The van der Waals surface area contributed by atoms with E-state index < -0.39 is 5.82 Å². The van der Waals surface area contributed by atoms with Crippen LogP contribution in [0.25, 0.3) is 0 Å². The van der Waals surface area contributed by atoms with Crippen molar-refractivity contribution in [3.63, 3.8) is 0 Å². The number of hydrogen-bond acceptors (Lipinski definition) is 1. The predicted molar refractivity (Wildman–Crippen MR) is 85.7 cm³/mol. The first-order valence-corrected chi connectivity index (χ1v) is 7.82. The zero-order valence-electron chi connectivity index (χ0n) is 11.7. The molecule has 0 radical (unpaired) electrons. The SMILES string of the molecule is O=C1CCCN1[C@H](c1ccc(Cl)cc1)c1ccc(F)c(Cl)c1. The molecule has 2 aromatic rings. The molecular weight excluding hydrogens is 324 g/mol. The molecule has 2 aromatic carbocycles. The van der Waals surface area contributed by atoms with Crippen LogP contribution < -0.4 is 0 Å². The Morgan fingerprint density at radius 3 is 2.32 bits per heavy atom. The van der Waals surface area contributed by atoms with E-state index in [1.807, 2.05) is 17.0 Å². The summed E-state index contributed by atoms with van der Waals surface area (Å²) >= 11 is 11.9. The molecule has 1 atom stereocenters. The van der Waals surface area contributed by atoms with Crippen LogP contribution in [0.1, 0.15) is 30.0 Å². The van der Waals surface area contributed by atoms with Crippen molar-refractivity contribution < 1.29 is 9.18 Å². The lowest BCUT2D eigenvalue weighted by Gasteiger charge is -2.29. The maximum Gasteiger partial charge on any atom is 0.223 e. The highest BCUT2D eigenvalue weighted by Crippen LogP contribution is 2.34. The van der Waals surface area contributed by atoms with Crippen molar-refractivity contribution >= 4 is 29.1 Å². The molecule has 5 heteroatoms. The molecule has 1 amide bonds. The summed E-state index contributed by atoms with van der Waals surface area (Å²) in [7, 11) is 0. The monoisotopic (exact) mass is 337 g/mol.